The molecular weight excluding hydrogens is 196 g/mol. The van der Waals surface area contributed by atoms with E-state index >= 15 is 0 Å². The van der Waals surface area contributed by atoms with E-state index in [4.69, 9.17) is 5.73 Å². The number of nitrogens with two attached hydrogens (primary N) is 1. The molecule has 76 valence electrons. The fraction of sp³-hybridized carbons (Fsp3) is 0.500. The first-order valence-electron chi connectivity index (χ1n) is 4.82. The molecule has 0 saturated carbocycles. The summed E-state index contributed by atoms with van der Waals surface area (Å²) < 4.78 is 0. The molecule has 0 spiro atoms. The van der Waals surface area contributed by atoms with Crippen molar-refractivity contribution >= 4 is 17.2 Å². The molecule has 1 aliphatic heterocycles. The minimum absolute atomic E-state index is 0.230. The van der Waals surface area contributed by atoms with Gasteiger partial charge in [0.05, 0.1) is 6.54 Å². The Hall–Kier alpha value is -0.870. The Morgan fingerprint density at radius 3 is 3.21 bits per heavy atom. The first-order valence-corrected chi connectivity index (χ1v) is 5.76. The summed E-state index contributed by atoms with van der Waals surface area (Å²) in [6.07, 6.45) is 2.30. The average Bonchev–Trinajstić information content (AvgIpc) is 2.70. The van der Waals surface area contributed by atoms with E-state index in [2.05, 4.69) is 21.7 Å². The molecule has 3 nitrogen and oxygen atoms in total. The van der Waals surface area contributed by atoms with Crippen molar-refractivity contribution in [2.75, 3.05) is 13.1 Å². The molecule has 0 unspecified atom stereocenters. The maximum atomic E-state index is 10.9. The van der Waals surface area contributed by atoms with Crippen molar-refractivity contribution < 1.29 is 4.79 Å². The van der Waals surface area contributed by atoms with Gasteiger partial charge in [0.15, 0.2) is 0 Å². The van der Waals surface area contributed by atoms with Gasteiger partial charge in [-0.1, -0.05) is 0 Å². The Kier molecular flexibility index (Phi) is 2.84. The minimum Gasteiger partial charge on any atom is -0.369 e. The Morgan fingerprint density at radius 1 is 1.71 bits per heavy atom. The van der Waals surface area contributed by atoms with E-state index in [1.54, 1.807) is 11.3 Å². The van der Waals surface area contributed by atoms with Crippen LogP contribution in [-0.2, 0) is 4.79 Å². The van der Waals surface area contributed by atoms with Gasteiger partial charge >= 0.3 is 0 Å². The highest BCUT2D eigenvalue weighted by molar-refractivity contribution is 7.07. The standard InChI is InChI=1S/C10H14N2OS/c11-10(13)6-12-4-1-2-9(12)8-3-5-14-7-8/h3,5,7,9H,1-2,4,6H2,(H2,11,13)/t9-/m0/s1. The zero-order valence-corrected chi connectivity index (χ0v) is 8.80. The normalized spacial score (nSPS) is 22.7. The van der Waals surface area contributed by atoms with Gasteiger partial charge in [0.25, 0.3) is 0 Å². The summed E-state index contributed by atoms with van der Waals surface area (Å²) in [5.74, 6) is -0.230. The van der Waals surface area contributed by atoms with E-state index in [-0.39, 0.29) is 5.91 Å². The lowest BCUT2D eigenvalue weighted by Gasteiger charge is -2.21. The van der Waals surface area contributed by atoms with Crippen LogP contribution < -0.4 is 5.73 Å². The molecule has 1 amide bonds. The summed E-state index contributed by atoms with van der Waals surface area (Å²) in [6.45, 7) is 1.38. The Bertz CT molecular complexity index is 310. The fourth-order valence-corrected chi connectivity index (χ4v) is 2.76. The monoisotopic (exact) mass is 210 g/mol. The van der Waals surface area contributed by atoms with Crippen molar-refractivity contribution in [1.82, 2.24) is 4.90 Å². The minimum atomic E-state index is -0.230. The molecule has 1 aromatic rings. The molecule has 4 heteroatoms. The zero-order valence-electron chi connectivity index (χ0n) is 7.98. The van der Waals surface area contributed by atoms with Crippen molar-refractivity contribution in [2.45, 2.75) is 18.9 Å². The SMILES string of the molecule is NC(=O)CN1CCC[C@H]1c1ccsc1. The van der Waals surface area contributed by atoms with Crippen LogP contribution >= 0.6 is 11.3 Å². The number of thiophene rings is 1. The largest absolute Gasteiger partial charge is 0.369 e. The first kappa shape index (κ1) is 9.68. The van der Waals surface area contributed by atoms with Crippen LogP contribution in [0.15, 0.2) is 16.8 Å². The molecular formula is C10H14N2OS. The van der Waals surface area contributed by atoms with E-state index in [9.17, 15) is 4.79 Å². The number of carbonyl (C=O) groups is 1. The summed E-state index contributed by atoms with van der Waals surface area (Å²) in [7, 11) is 0. The van der Waals surface area contributed by atoms with Crippen LogP contribution in [0.25, 0.3) is 0 Å². The van der Waals surface area contributed by atoms with Crippen LogP contribution in [0.2, 0.25) is 0 Å². The lowest BCUT2D eigenvalue weighted by atomic mass is 10.1. The average molecular weight is 210 g/mol. The molecule has 0 aliphatic carbocycles. The van der Waals surface area contributed by atoms with Gasteiger partial charge in [0, 0.05) is 6.04 Å². The number of nitrogens with zero attached hydrogens (tertiary/aromatic N) is 1. The smallest absolute Gasteiger partial charge is 0.231 e. The van der Waals surface area contributed by atoms with Gasteiger partial charge < -0.3 is 5.73 Å². The van der Waals surface area contributed by atoms with Crippen LogP contribution in [0.4, 0.5) is 0 Å². The highest BCUT2D eigenvalue weighted by Crippen LogP contribution is 2.32. The predicted octanol–water partition coefficient (Wildman–Crippen LogP) is 1.37. The molecule has 1 atom stereocenters. The second kappa shape index (κ2) is 4.11. The second-order valence-electron chi connectivity index (χ2n) is 3.65. The summed E-state index contributed by atoms with van der Waals surface area (Å²) in [5.41, 5.74) is 6.54. The van der Waals surface area contributed by atoms with E-state index in [1.165, 1.54) is 5.56 Å². The Balaban J connectivity index is 2.07. The topological polar surface area (TPSA) is 46.3 Å². The van der Waals surface area contributed by atoms with Crippen LogP contribution in [0.5, 0.6) is 0 Å². The molecule has 1 aliphatic rings. The summed E-state index contributed by atoms with van der Waals surface area (Å²) in [6, 6.07) is 2.54. The van der Waals surface area contributed by atoms with Crippen molar-refractivity contribution in [2.24, 2.45) is 5.73 Å². The quantitative estimate of drug-likeness (QED) is 0.819. The van der Waals surface area contributed by atoms with Crippen LogP contribution in [-0.4, -0.2) is 23.9 Å². The molecule has 2 N–H and O–H groups in total. The predicted molar refractivity (Wildman–Crippen MR) is 57.1 cm³/mol. The summed E-state index contributed by atoms with van der Waals surface area (Å²) in [5, 5.41) is 4.24. The second-order valence-corrected chi connectivity index (χ2v) is 4.43. The molecule has 0 bridgehead atoms. The van der Waals surface area contributed by atoms with Crippen molar-refractivity contribution in [1.29, 1.82) is 0 Å². The lowest BCUT2D eigenvalue weighted by molar-refractivity contribution is -0.119. The van der Waals surface area contributed by atoms with Crippen LogP contribution in [0.1, 0.15) is 24.4 Å². The third kappa shape index (κ3) is 1.96. The number of primary amides is 1. The Labute approximate surface area is 87.5 Å². The van der Waals surface area contributed by atoms with Crippen molar-refractivity contribution in [3.63, 3.8) is 0 Å². The van der Waals surface area contributed by atoms with Gasteiger partial charge in [-0.2, -0.15) is 11.3 Å². The number of carbonyl (C=O) groups excluding carboxylic acids is 1. The van der Waals surface area contributed by atoms with Crippen LogP contribution in [0, 0.1) is 0 Å². The van der Waals surface area contributed by atoms with Gasteiger partial charge in [-0.15, -0.1) is 0 Å². The van der Waals surface area contributed by atoms with Crippen molar-refractivity contribution in [3.05, 3.63) is 22.4 Å². The number of hydrogen-bond acceptors (Lipinski definition) is 3. The molecule has 1 aromatic heterocycles. The van der Waals surface area contributed by atoms with E-state index in [0.717, 1.165) is 19.4 Å². The van der Waals surface area contributed by atoms with E-state index in [0.29, 0.717) is 12.6 Å². The molecule has 1 fully saturated rings. The first-order chi connectivity index (χ1) is 6.77. The van der Waals surface area contributed by atoms with Crippen molar-refractivity contribution in [3.8, 4) is 0 Å². The third-order valence-electron chi connectivity index (χ3n) is 2.65. The molecule has 2 heterocycles. The van der Waals surface area contributed by atoms with Gasteiger partial charge in [0.2, 0.25) is 5.91 Å². The lowest BCUT2D eigenvalue weighted by Crippen LogP contribution is -2.33. The highest BCUT2D eigenvalue weighted by atomic mass is 32.1. The van der Waals surface area contributed by atoms with Gasteiger partial charge in [-0.25, -0.2) is 0 Å². The zero-order chi connectivity index (χ0) is 9.97. The number of hydrogen-bond donors (Lipinski definition) is 1. The molecule has 0 aromatic carbocycles. The summed E-state index contributed by atoms with van der Waals surface area (Å²) in [4.78, 5) is 13.0. The maximum absolute atomic E-state index is 10.9. The van der Waals surface area contributed by atoms with Crippen LogP contribution in [0.3, 0.4) is 0 Å². The molecule has 1 saturated heterocycles. The number of rotatable bonds is 3. The number of amides is 1. The number of likely N-dealkylation sites (tertiary alicyclic amines) is 1. The molecule has 14 heavy (non-hydrogen) atoms. The third-order valence-corrected chi connectivity index (χ3v) is 3.35. The highest BCUT2D eigenvalue weighted by Gasteiger charge is 2.26. The molecule has 0 radical (unpaired) electrons. The van der Waals surface area contributed by atoms with Gasteiger partial charge in [-0.05, 0) is 41.8 Å². The Morgan fingerprint density at radius 2 is 2.57 bits per heavy atom. The summed E-state index contributed by atoms with van der Waals surface area (Å²) >= 11 is 1.70. The van der Waals surface area contributed by atoms with E-state index < -0.39 is 0 Å². The van der Waals surface area contributed by atoms with Gasteiger partial charge in [-0.3, -0.25) is 9.69 Å². The maximum Gasteiger partial charge on any atom is 0.231 e. The molecule has 2 rings (SSSR count). The van der Waals surface area contributed by atoms with Gasteiger partial charge in [0.1, 0.15) is 0 Å². The van der Waals surface area contributed by atoms with E-state index in [1.807, 2.05) is 0 Å². The fourth-order valence-electron chi connectivity index (χ4n) is 2.06.